The van der Waals surface area contributed by atoms with Crippen LogP contribution in [0.4, 0.5) is 10.1 Å². The summed E-state index contributed by atoms with van der Waals surface area (Å²) in [4.78, 5) is 39.2. The number of hydrogen-bond donors (Lipinski definition) is 2. The minimum absolute atomic E-state index is 0.00704. The van der Waals surface area contributed by atoms with Gasteiger partial charge in [0.1, 0.15) is 11.5 Å². The van der Waals surface area contributed by atoms with Crippen molar-refractivity contribution in [1.82, 2.24) is 5.32 Å². The Morgan fingerprint density at radius 3 is 2.11 bits per heavy atom. The molecule has 0 bridgehead atoms. The molecule has 0 spiro atoms. The van der Waals surface area contributed by atoms with Gasteiger partial charge < -0.3 is 10.6 Å². The molecule has 4 rings (SSSR count). The van der Waals surface area contributed by atoms with Crippen LogP contribution in [-0.2, 0) is 4.79 Å². The van der Waals surface area contributed by atoms with Crippen molar-refractivity contribution in [3.05, 3.63) is 137 Å². The lowest BCUT2D eigenvalue weighted by Crippen LogP contribution is -2.30. The van der Waals surface area contributed by atoms with Gasteiger partial charge in [0, 0.05) is 21.7 Å². The topological polar surface area (TPSA) is 75.3 Å². The minimum atomic E-state index is -0.534. The monoisotopic (exact) mass is 524 g/mol. The molecule has 0 saturated heterocycles. The van der Waals surface area contributed by atoms with Crippen LogP contribution in [0.2, 0.25) is 0 Å². The molecule has 4 aromatic carbocycles. The highest BCUT2D eigenvalue weighted by molar-refractivity contribution is 8.00. The molecule has 38 heavy (non-hydrogen) atoms. The van der Waals surface area contributed by atoms with E-state index in [9.17, 15) is 18.8 Å². The van der Waals surface area contributed by atoms with E-state index in [-0.39, 0.29) is 11.5 Å². The smallest absolute Gasteiger partial charge is 0.272 e. The lowest BCUT2D eigenvalue weighted by molar-refractivity contribution is -0.113. The first-order chi connectivity index (χ1) is 18.4. The molecule has 0 aliphatic rings. The third kappa shape index (κ3) is 7.51. The second kappa shape index (κ2) is 12.7. The van der Waals surface area contributed by atoms with E-state index < -0.39 is 17.6 Å². The lowest BCUT2D eigenvalue weighted by atomic mass is 10.1. The molecular weight excluding hydrogens is 499 g/mol. The average Bonchev–Trinajstić information content (AvgIpc) is 2.94. The molecule has 0 aliphatic heterocycles. The summed E-state index contributed by atoms with van der Waals surface area (Å²) in [5.41, 5.74) is 3.24. The van der Waals surface area contributed by atoms with Gasteiger partial charge in [0.05, 0.1) is 5.75 Å². The first-order valence-electron chi connectivity index (χ1n) is 11.8. The summed E-state index contributed by atoms with van der Waals surface area (Å²) in [7, 11) is 0. The molecule has 0 radical (unpaired) electrons. The van der Waals surface area contributed by atoms with E-state index in [0.29, 0.717) is 28.1 Å². The summed E-state index contributed by atoms with van der Waals surface area (Å²) in [6.45, 7) is 1.97. The third-order valence-electron chi connectivity index (χ3n) is 5.57. The van der Waals surface area contributed by atoms with Crippen LogP contribution in [0.3, 0.4) is 0 Å². The van der Waals surface area contributed by atoms with Gasteiger partial charge in [0.2, 0.25) is 0 Å². The molecule has 2 amide bonds. The zero-order chi connectivity index (χ0) is 26.9. The highest BCUT2D eigenvalue weighted by Crippen LogP contribution is 2.22. The summed E-state index contributed by atoms with van der Waals surface area (Å²) in [6.07, 6.45) is 1.48. The summed E-state index contributed by atoms with van der Waals surface area (Å²) in [5, 5.41) is 5.44. The molecule has 4 aromatic rings. The molecule has 0 fully saturated rings. The number of nitrogens with one attached hydrogen (secondary N) is 2. The average molecular weight is 525 g/mol. The van der Waals surface area contributed by atoms with Gasteiger partial charge in [0.15, 0.2) is 5.78 Å². The van der Waals surface area contributed by atoms with E-state index in [4.69, 9.17) is 0 Å². The van der Waals surface area contributed by atoms with Gasteiger partial charge >= 0.3 is 0 Å². The SMILES string of the molecule is Cc1ccc(C(=O)CSc2ccc(NC(=O)/C(=C/c3ccc(F)cc3)NC(=O)c3ccccc3)cc2)cc1. The minimum Gasteiger partial charge on any atom is -0.321 e. The van der Waals surface area contributed by atoms with Crippen molar-refractivity contribution in [2.45, 2.75) is 11.8 Å². The Hall–Kier alpha value is -4.49. The van der Waals surface area contributed by atoms with Gasteiger partial charge in [-0.15, -0.1) is 11.8 Å². The molecule has 0 saturated carbocycles. The number of carbonyl (C=O) groups is 3. The Balaban J connectivity index is 1.43. The maximum atomic E-state index is 13.3. The van der Waals surface area contributed by atoms with Crippen LogP contribution in [0, 0.1) is 12.7 Å². The molecule has 0 unspecified atom stereocenters. The van der Waals surface area contributed by atoms with Crippen molar-refractivity contribution in [3.8, 4) is 0 Å². The van der Waals surface area contributed by atoms with Crippen molar-refractivity contribution in [1.29, 1.82) is 0 Å². The van der Waals surface area contributed by atoms with Crippen molar-refractivity contribution >= 4 is 41.1 Å². The largest absolute Gasteiger partial charge is 0.321 e. The second-order valence-electron chi connectivity index (χ2n) is 8.49. The summed E-state index contributed by atoms with van der Waals surface area (Å²) < 4.78 is 13.3. The summed E-state index contributed by atoms with van der Waals surface area (Å²) >= 11 is 1.41. The molecule has 2 N–H and O–H groups in total. The molecule has 0 heterocycles. The van der Waals surface area contributed by atoms with Crippen molar-refractivity contribution < 1.29 is 18.8 Å². The Morgan fingerprint density at radius 1 is 0.789 bits per heavy atom. The van der Waals surface area contributed by atoms with Crippen LogP contribution in [0.5, 0.6) is 0 Å². The Morgan fingerprint density at radius 2 is 1.45 bits per heavy atom. The predicted molar refractivity (Wildman–Crippen MR) is 150 cm³/mol. The number of halogens is 1. The highest BCUT2D eigenvalue weighted by atomic mass is 32.2. The van der Waals surface area contributed by atoms with Gasteiger partial charge in [0.25, 0.3) is 11.8 Å². The van der Waals surface area contributed by atoms with Gasteiger partial charge in [-0.25, -0.2) is 4.39 Å². The Labute approximate surface area is 224 Å². The quantitative estimate of drug-likeness (QED) is 0.149. The number of benzene rings is 4. The van der Waals surface area contributed by atoms with Crippen molar-refractivity contribution in [3.63, 3.8) is 0 Å². The first-order valence-corrected chi connectivity index (χ1v) is 12.8. The number of amides is 2. The fourth-order valence-corrected chi connectivity index (χ4v) is 4.27. The van der Waals surface area contributed by atoms with Crippen molar-refractivity contribution in [2.24, 2.45) is 0 Å². The van der Waals surface area contributed by atoms with E-state index in [1.54, 1.807) is 42.5 Å². The number of anilines is 1. The Kier molecular flexibility index (Phi) is 8.85. The van der Waals surface area contributed by atoms with Gasteiger partial charge in [-0.3, -0.25) is 14.4 Å². The number of hydrogen-bond acceptors (Lipinski definition) is 4. The highest BCUT2D eigenvalue weighted by Gasteiger charge is 2.15. The number of aryl methyl sites for hydroxylation is 1. The fraction of sp³-hybridized carbons (Fsp3) is 0.0645. The maximum absolute atomic E-state index is 13.3. The summed E-state index contributed by atoms with van der Waals surface area (Å²) in [5.74, 6) is -1.05. The van der Waals surface area contributed by atoms with Crippen LogP contribution in [0.25, 0.3) is 6.08 Å². The molecule has 0 aromatic heterocycles. The standard InChI is InChI=1S/C31H25FN2O3S/c1-21-7-11-23(12-8-21)29(35)20-38-27-17-15-26(16-18-27)33-31(37)28(19-22-9-13-25(32)14-10-22)34-30(36)24-5-3-2-4-6-24/h2-19H,20H2,1H3,(H,33,37)(H,34,36)/b28-19-. The van der Waals surface area contributed by atoms with Crippen LogP contribution in [-0.4, -0.2) is 23.4 Å². The van der Waals surface area contributed by atoms with E-state index >= 15 is 0 Å². The molecule has 0 aliphatic carbocycles. The normalized spacial score (nSPS) is 11.1. The van der Waals surface area contributed by atoms with Crippen LogP contribution >= 0.6 is 11.8 Å². The van der Waals surface area contributed by atoms with Gasteiger partial charge in [-0.2, -0.15) is 0 Å². The molecule has 7 heteroatoms. The molecule has 0 atom stereocenters. The van der Waals surface area contributed by atoms with Crippen LogP contribution in [0.15, 0.2) is 114 Å². The zero-order valence-corrected chi connectivity index (χ0v) is 21.4. The third-order valence-corrected chi connectivity index (χ3v) is 6.58. The Bertz CT molecular complexity index is 1450. The molecule has 5 nitrogen and oxygen atoms in total. The van der Waals surface area contributed by atoms with E-state index in [2.05, 4.69) is 10.6 Å². The van der Waals surface area contributed by atoms with E-state index in [0.717, 1.165) is 10.5 Å². The van der Waals surface area contributed by atoms with Gasteiger partial charge in [-0.05, 0) is 67.1 Å². The predicted octanol–water partition coefficient (Wildman–Crippen LogP) is 6.52. The summed E-state index contributed by atoms with van der Waals surface area (Å²) in [6, 6.07) is 28.7. The van der Waals surface area contributed by atoms with Gasteiger partial charge in [-0.1, -0.05) is 60.2 Å². The zero-order valence-electron chi connectivity index (χ0n) is 20.6. The fourth-order valence-electron chi connectivity index (χ4n) is 3.47. The lowest BCUT2D eigenvalue weighted by Gasteiger charge is -2.12. The molecular formula is C31H25FN2O3S. The number of carbonyl (C=O) groups excluding carboxylic acids is 3. The van der Waals surface area contributed by atoms with Crippen LogP contribution in [0.1, 0.15) is 31.8 Å². The molecule has 190 valence electrons. The number of Topliss-reactive ketones (excluding diaryl/α,β-unsaturated/α-hetero) is 1. The first kappa shape index (κ1) is 26.6. The van der Waals surface area contributed by atoms with Crippen molar-refractivity contribution in [2.75, 3.05) is 11.1 Å². The van der Waals surface area contributed by atoms with Crippen LogP contribution < -0.4 is 10.6 Å². The number of rotatable bonds is 9. The maximum Gasteiger partial charge on any atom is 0.272 e. The number of thioether (sulfide) groups is 1. The van der Waals surface area contributed by atoms with E-state index in [1.807, 2.05) is 43.3 Å². The van der Waals surface area contributed by atoms with E-state index in [1.165, 1.54) is 42.1 Å². The second-order valence-corrected chi connectivity index (χ2v) is 9.53. The number of ketones is 1.